The SMILES string of the molecule is Cc1ccc(-c2nc(C)c(C(=O)NCC(O)CC(C)C)s2)o1. The third-order valence-electron chi connectivity index (χ3n) is 3.20. The number of carbonyl (C=O) groups excluding carboxylic acids is 1. The van der Waals surface area contributed by atoms with Crippen LogP contribution in [0, 0.1) is 19.8 Å². The monoisotopic (exact) mass is 322 g/mol. The van der Waals surface area contributed by atoms with E-state index in [1.807, 2.05) is 32.9 Å². The first-order valence-corrected chi connectivity index (χ1v) is 8.19. The Kier molecular flexibility index (Phi) is 5.37. The average Bonchev–Trinajstić information content (AvgIpc) is 3.01. The third-order valence-corrected chi connectivity index (χ3v) is 4.37. The molecule has 0 fully saturated rings. The highest BCUT2D eigenvalue weighted by Gasteiger charge is 2.18. The summed E-state index contributed by atoms with van der Waals surface area (Å²) in [6.45, 7) is 8.00. The molecule has 0 aliphatic heterocycles. The van der Waals surface area contributed by atoms with Gasteiger partial charge >= 0.3 is 0 Å². The van der Waals surface area contributed by atoms with Crippen molar-refractivity contribution in [3.05, 3.63) is 28.5 Å². The fourth-order valence-electron chi connectivity index (χ4n) is 2.18. The first kappa shape index (κ1) is 16.7. The van der Waals surface area contributed by atoms with Gasteiger partial charge in [-0.25, -0.2) is 4.98 Å². The van der Waals surface area contributed by atoms with E-state index in [9.17, 15) is 9.90 Å². The number of rotatable bonds is 6. The number of hydrogen-bond acceptors (Lipinski definition) is 5. The van der Waals surface area contributed by atoms with Gasteiger partial charge in [0.1, 0.15) is 10.6 Å². The second-order valence-corrected chi connectivity index (χ2v) is 6.84. The van der Waals surface area contributed by atoms with Gasteiger partial charge in [0.25, 0.3) is 5.91 Å². The van der Waals surface area contributed by atoms with E-state index in [0.717, 1.165) is 5.76 Å². The van der Waals surface area contributed by atoms with Gasteiger partial charge in [0.2, 0.25) is 0 Å². The minimum atomic E-state index is -0.524. The van der Waals surface area contributed by atoms with E-state index in [-0.39, 0.29) is 12.5 Å². The van der Waals surface area contributed by atoms with Gasteiger partial charge in [-0.1, -0.05) is 13.8 Å². The number of carbonyl (C=O) groups is 1. The summed E-state index contributed by atoms with van der Waals surface area (Å²) < 4.78 is 5.54. The molecule has 0 saturated carbocycles. The highest BCUT2D eigenvalue weighted by atomic mass is 32.1. The maximum Gasteiger partial charge on any atom is 0.263 e. The van der Waals surface area contributed by atoms with E-state index in [4.69, 9.17) is 4.42 Å². The van der Waals surface area contributed by atoms with Crippen molar-refractivity contribution in [2.75, 3.05) is 6.54 Å². The Balaban J connectivity index is 2.03. The van der Waals surface area contributed by atoms with E-state index in [1.165, 1.54) is 11.3 Å². The Bertz CT molecular complexity index is 646. The Labute approximate surface area is 134 Å². The second-order valence-electron chi connectivity index (χ2n) is 5.84. The van der Waals surface area contributed by atoms with Crippen LogP contribution in [0.1, 0.15) is 41.4 Å². The van der Waals surface area contributed by atoms with Crippen molar-refractivity contribution in [1.82, 2.24) is 10.3 Å². The maximum atomic E-state index is 12.2. The molecule has 0 radical (unpaired) electrons. The Morgan fingerprint density at radius 3 is 2.73 bits per heavy atom. The van der Waals surface area contributed by atoms with Crippen LogP contribution in [-0.4, -0.2) is 28.6 Å². The van der Waals surface area contributed by atoms with Crippen molar-refractivity contribution < 1.29 is 14.3 Å². The highest BCUT2D eigenvalue weighted by molar-refractivity contribution is 7.17. The lowest BCUT2D eigenvalue weighted by Crippen LogP contribution is -2.32. The molecule has 2 aromatic rings. The maximum absolute atomic E-state index is 12.2. The summed E-state index contributed by atoms with van der Waals surface area (Å²) in [5, 5.41) is 13.3. The number of nitrogens with zero attached hydrogens (tertiary/aromatic N) is 1. The van der Waals surface area contributed by atoms with Crippen LogP contribution in [0.3, 0.4) is 0 Å². The fourth-order valence-corrected chi connectivity index (χ4v) is 3.12. The lowest BCUT2D eigenvalue weighted by molar-refractivity contribution is 0.0903. The van der Waals surface area contributed by atoms with Crippen LogP contribution < -0.4 is 5.32 Å². The number of aliphatic hydroxyl groups excluding tert-OH is 1. The minimum absolute atomic E-state index is 0.202. The van der Waals surface area contributed by atoms with E-state index in [0.29, 0.717) is 33.7 Å². The summed E-state index contributed by atoms with van der Waals surface area (Å²) in [4.78, 5) is 17.2. The number of aryl methyl sites for hydroxylation is 2. The quantitative estimate of drug-likeness (QED) is 0.856. The first-order chi connectivity index (χ1) is 10.4. The Morgan fingerprint density at radius 2 is 2.14 bits per heavy atom. The van der Waals surface area contributed by atoms with E-state index in [1.54, 1.807) is 6.92 Å². The molecule has 0 aliphatic carbocycles. The topological polar surface area (TPSA) is 75.4 Å². The number of furan rings is 1. The fraction of sp³-hybridized carbons (Fsp3) is 0.500. The van der Waals surface area contributed by atoms with Crippen LogP contribution in [0.15, 0.2) is 16.5 Å². The molecule has 2 heterocycles. The van der Waals surface area contributed by atoms with Gasteiger partial charge in [0, 0.05) is 6.54 Å². The third kappa shape index (κ3) is 4.18. The Hall–Kier alpha value is -1.66. The molecule has 6 heteroatoms. The van der Waals surface area contributed by atoms with E-state index >= 15 is 0 Å². The largest absolute Gasteiger partial charge is 0.459 e. The number of aliphatic hydroxyl groups is 1. The molecule has 0 aliphatic rings. The molecule has 1 atom stereocenters. The smallest absolute Gasteiger partial charge is 0.263 e. The van der Waals surface area contributed by atoms with Crippen molar-refractivity contribution in [3.8, 4) is 10.8 Å². The van der Waals surface area contributed by atoms with E-state index in [2.05, 4.69) is 10.3 Å². The van der Waals surface area contributed by atoms with Crippen molar-refractivity contribution in [2.24, 2.45) is 5.92 Å². The zero-order chi connectivity index (χ0) is 16.3. The molecule has 1 amide bonds. The van der Waals surface area contributed by atoms with Crippen LogP contribution in [0.5, 0.6) is 0 Å². The minimum Gasteiger partial charge on any atom is -0.459 e. The summed E-state index contributed by atoms with van der Waals surface area (Å²) in [6, 6.07) is 3.72. The van der Waals surface area contributed by atoms with Gasteiger partial charge in [0.15, 0.2) is 10.8 Å². The van der Waals surface area contributed by atoms with Crippen LogP contribution in [0.2, 0.25) is 0 Å². The van der Waals surface area contributed by atoms with Crippen LogP contribution in [-0.2, 0) is 0 Å². The van der Waals surface area contributed by atoms with Gasteiger partial charge in [-0.3, -0.25) is 4.79 Å². The van der Waals surface area contributed by atoms with Gasteiger partial charge in [0.05, 0.1) is 11.8 Å². The second kappa shape index (κ2) is 7.07. The predicted molar refractivity (Wildman–Crippen MR) is 87.1 cm³/mol. The standard InChI is InChI=1S/C16H22N2O3S/c1-9(2)7-12(19)8-17-15(20)14-11(4)18-16(22-14)13-6-5-10(3)21-13/h5-6,9,12,19H,7-8H2,1-4H3,(H,17,20). The molecule has 1 unspecified atom stereocenters. The Morgan fingerprint density at radius 1 is 1.41 bits per heavy atom. The summed E-state index contributed by atoms with van der Waals surface area (Å²) in [5.74, 6) is 1.67. The number of thiazole rings is 1. The normalized spacial score (nSPS) is 12.6. The van der Waals surface area contributed by atoms with Crippen molar-refractivity contribution in [3.63, 3.8) is 0 Å². The van der Waals surface area contributed by atoms with Crippen molar-refractivity contribution in [1.29, 1.82) is 0 Å². The summed E-state index contributed by atoms with van der Waals surface area (Å²) >= 11 is 1.30. The molecule has 2 aromatic heterocycles. The molecule has 5 nitrogen and oxygen atoms in total. The summed E-state index contributed by atoms with van der Waals surface area (Å²) in [5.41, 5.74) is 0.671. The molecule has 22 heavy (non-hydrogen) atoms. The molecule has 0 bridgehead atoms. The van der Waals surface area contributed by atoms with Crippen LogP contribution >= 0.6 is 11.3 Å². The highest BCUT2D eigenvalue weighted by Crippen LogP contribution is 2.29. The van der Waals surface area contributed by atoms with Crippen molar-refractivity contribution in [2.45, 2.75) is 40.2 Å². The van der Waals surface area contributed by atoms with Crippen molar-refractivity contribution >= 4 is 17.2 Å². The molecule has 0 aromatic carbocycles. The van der Waals surface area contributed by atoms with Gasteiger partial charge in [-0.05, 0) is 38.3 Å². The summed E-state index contributed by atoms with van der Waals surface area (Å²) in [7, 11) is 0. The molecule has 0 spiro atoms. The van der Waals surface area contributed by atoms with Gasteiger partial charge in [-0.15, -0.1) is 11.3 Å². The number of amides is 1. The van der Waals surface area contributed by atoms with Gasteiger partial charge in [-0.2, -0.15) is 0 Å². The number of hydrogen-bond donors (Lipinski definition) is 2. The average molecular weight is 322 g/mol. The number of nitrogens with one attached hydrogen (secondary N) is 1. The van der Waals surface area contributed by atoms with E-state index < -0.39 is 6.10 Å². The summed E-state index contributed by atoms with van der Waals surface area (Å²) in [6.07, 6.45) is 0.142. The molecular weight excluding hydrogens is 300 g/mol. The zero-order valence-corrected chi connectivity index (χ0v) is 14.2. The molecule has 120 valence electrons. The van der Waals surface area contributed by atoms with Crippen LogP contribution in [0.4, 0.5) is 0 Å². The number of aromatic nitrogens is 1. The molecule has 2 N–H and O–H groups in total. The lowest BCUT2D eigenvalue weighted by Gasteiger charge is -2.13. The molecular formula is C16H22N2O3S. The zero-order valence-electron chi connectivity index (χ0n) is 13.3. The van der Waals surface area contributed by atoms with Gasteiger partial charge < -0.3 is 14.8 Å². The molecule has 0 saturated heterocycles. The van der Waals surface area contributed by atoms with Crippen LogP contribution in [0.25, 0.3) is 10.8 Å². The first-order valence-electron chi connectivity index (χ1n) is 7.37. The molecule has 2 rings (SSSR count). The predicted octanol–water partition coefficient (Wildman–Crippen LogP) is 3.16. The lowest BCUT2D eigenvalue weighted by atomic mass is 10.1.